The van der Waals surface area contributed by atoms with Gasteiger partial charge in [-0.1, -0.05) is 6.07 Å². The molecule has 1 unspecified atom stereocenters. The predicted molar refractivity (Wildman–Crippen MR) is 99.2 cm³/mol. The third-order valence-electron chi connectivity index (χ3n) is 4.29. The Bertz CT molecular complexity index is 1030. The van der Waals surface area contributed by atoms with Crippen molar-refractivity contribution in [2.75, 3.05) is 10.6 Å². The van der Waals surface area contributed by atoms with Crippen molar-refractivity contribution >= 4 is 23.2 Å². The lowest BCUT2D eigenvalue weighted by molar-refractivity contribution is -0.122. The molecule has 1 aliphatic rings. The van der Waals surface area contributed by atoms with E-state index in [1.165, 1.54) is 6.20 Å². The molecule has 4 rings (SSSR count). The van der Waals surface area contributed by atoms with Gasteiger partial charge in [0.25, 0.3) is 11.8 Å². The van der Waals surface area contributed by atoms with Crippen LogP contribution in [-0.2, 0) is 4.79 Å². The number of rotatable bonds is 3. The second-order valence-corrected chi connectivity index (χ2v) is 6.16. The molecule has 0 saturated carbocycles. The molecule has 0 spiro atoms. The number of amides is 2. The summed E-state index contributed by atoms with van der Waals surface area (Å²) in [6, 6.07) is 10.6. The van der Waals surface area contributed by atoms with Gasteiger partial charge in [-0.05, 0) is 44.2 Å². The number of anilines is 2. The Balaban J connectivity index is 1.56. The van der Waals surface area contributed by atoms with Crippen LogP contribution in [0, 0.1) is 6.92 Å². The number of pyridine rings is 1. The molecule has 8 heteroatoms. The maximum absolute atomic E-state index is 12.7. The van der Waals surface area contributed by atoms with E-state index in [9.17, 15) is 9.59 Å². The van der Waals surface area contributed by atoms with E-state index >= 15 is 0 Å². The molecule has 1 aromatic carbocycles. The zero-order valence-corrected chi connectivity index (χ0v) is 14.8. The molecule has 0 bridgehead atoms. The van der Waals surface area contributed by atoms with E-state index in [2.05, 4.69) is 20.7 Å². The minimum absolute atomic E-state index is 0.224. The fraction of sp³-hybridized carbons (Fsp3) is 0.158. The molecule has 0 radical (unpaired) electrons. The molecule has 3 aromatic rings. The van der Waals surface area contributed by atoms with Crippen LogP contribution in [0.15, 0.2) is 48.8 Å². The lowest BCUT2D eigenvalue weighted by Crippen LogP contribution is -2.34. The number of carbonyl (C=O) groups excluding carboxylic acids is 2. The number of aromatic nitrogens is 3. The maximum Gasteiger partial charge on any atom is 0.265 e. The van der Waals surface area contributed by atoms with Crippen LogP contribution in [0.2, 0.25) is 0 Å². The first-order valence-electron chi connectivity index (χ1n) is 8.42. The summed E-state index contributed by atoms with van der Waals surface area (Å²) >= 11 is 0. The molecule has 8 nitrogen and oxygen atoms in total. The van der Waals surface area contributed by atoms with Crippen molar-refractivity contribution < 1.29 is 14.3 Å². The molecule has 2 aromatic heterocycles. The standard InChI is InChI=1S/C19H17N5O3/c1-11-14(10-21-24(11)17-5-3-4-8-20-17)19(26)22-13-6-7-16-15(9-13)23-18(25)12(2)27-16/h3-10,12H,1-2H3,(H,22,26)(H,23,25). The minimum Gasteiger partial charge on any atom is -0.479 e. The van der Waals surface area contributed by atoms with Crippen LogP contribution in [0.5, 0.6) is 5.75 Å². The van der Waals surface area contributed by atoms with Gasteiger partial charge in [0.05, 0.1) is 23.1 Å². The zero-order valence-electron chi connectivity index (χ0n) is 14.8. The molecule has 136 valence electrons. The summed E-state index contributed by atoms with van der Waals surface area (Å²) in [5.74, 6) is 0.681. The second-order valence-electron chi connectivity index (χ2n) is 6.16. The summed E-state index contributed by atoms with van der Waals surface area (Å²) in [5, 5.41) is 9.83. The van der Waals surface area contributed by atoms with E-state index < -0.39 is 6.10 Å². The Labute approximate surface area is 155 Å². The van der Waals surface area contributed by atoms with E-state index in [0.717, 1.165) is 0 Å². The number of hydrogen-bond acceptors (Lipinski definition) is 5. The summed E-state index contributed by atoms with van der Waals surface area (Å²) in [4.78, 5) is 28.7. The monoisotopic (exact) mass is 363 g/mol. The van der Waals surface area contributed by atoms with Crippen LogP contribution < -0.4 is 15.4 Å². The quantitative estimate of drug-likeness (QED) is 0.745. The van der Waals surface area contributed by atoms with Gasteiger partial charge in [0.15, 0.2) is 11.9 Å². The van der Waals surface area contributed by atoms with Crippen molar-refractivity contribution in [1.82, 2.24) is 14.8 Å². The summed E-state index contributed by atoms with van der Waals surface area (Å²) in [7, 11) is 0. The number of benzene rings is 1. The van der Waals surface area contributed by atoms with Gasteiger partial charge >= 0.3 is 0 Å². The topological polar surface area (TPSA) is 98.1 Å². The van der Waals surface area contributed by atoms with Gasteiger partial charge < -0.3 is 15.4 Å². The molecule has 0 saturated heterocycles. The fourth-order valence-electron chi connectivity index (χ4n) is 2.83. The lowest BCUT2D eigenvalue weighted by Gasteiger charge is -2.23. The Morgan fingerprint density at radius 3 is 2.93 bits per heavy atom. The smallest absolute Gasteiger partial charge is 0.265 e. The molecule has 0 fully saturated rings. The van der Waals surface area contributed by atoms with E-state index in [0.29, 0.717) is 34.2 Å². The Morgan fingerprint density at radius 2 is 2.15 bits per heavy atom. The van der Waals surface area contributed by atoms with Gasteiger partial charge in [0.2, 0.25) is 0 Å². The maximum atomic E-state index is 12.7. The van der Waals surface area contributed by atoms with Crippen molar-refractivity contribution in [2.24, 2.45) is 0 Å². The van der Waals surface area contributed by atoms with Crippen molar-refractivity contribution in [2.45, 2.75) is 20.0 Å². The van der Waals surface area contributed by atoms with Gasteiger partial charge in [-0.3, -0.25) is 9.59 Å². The number of carbonyl (C=O) groups is 2. The van der Waals surface area contributed by atoms with Gasteiger partial charge in [-0.15, -0.1) is 0 Å². The fourth-order valence-corrected chi connectivity index (χ4v) is 2.83. The van der Waals surface area contributed by atoms with Crippen LogP contribution in [0.1, 0.15) is 23.0 Å². The summed E-state index contributed by atoms with van der Waals surface area (Å²) in [6.45, 7) is 3.48. The number of hydrogen-bond donors (Lipinski definition) is 2. The van der Waals surface area contributed by atoms with Gasteiger partial charge in [0.1, 0.15) is 5.75 Å². The summed E-state index contributed by atoms with van der Waals surface area (Å²) < 4.78 is 7.12. The lowest BCUT2D eigenvalue weighted by atomic mass is 10.2. The summed E-state index contributed by atoms with van der Waals surface area (Å²) in [5.41, 5.74) is 2.18. The average Bonchev–Trinajstić information content (AvgIpc) is 3.05. The largest absolute Gasteiger partial charge is 0.479 e. The Hall–Kier alpha value is -3.68. The normalized spacial score (nSPS) is 15.5. The van der Waals surface area contributed by atoms with E-state index in [-0.39, 0.29) is 11.8 Å². The molecule has 1 atom stereocenters. The predicted octanol–water partition coefficient (Wildman–Crippen LogP) is 2.55. The van der Waals surface area contributed by atoms with Crippen LogP contribution in [-0.4, -0.2) is 32.7 Å². The third kappa shape index (κ3) is 3.12. The first-order chi connectivity index (χ1) is 13.0. The molecule has 27 heavy (non-hydrogen) atoms. The van der Waals surface area contributed by atoms with Crippen molar-refractivity contribution in [3.63, 3.8) is 0 Å². The zero-order chi connectivity index (χ0) is 19.0. The van der Waals surface area contributed by atoms with Crippen LogP contribution in [0.4, 0.5) is 11.4 Å². The van der Waals surface area contributed by atoms with Crippen molar-refractivity contribution in [1.29, 1.82) is 0 Å². The van der Waals surface area contributed by atoms with Crippen molar-refractivity contribution in [3.8, 4) is 11.6 Å². The third-order valence-corrected chi connectivity index (χ3v) is 4.29. The molecule has 1 aliphatic heterocycles. The van der Waals surface area contributed by atoms with Gasteiger partial charge in [0, 0.05) is 11.9 Å². The average molecular weight is 363 g/mol. The highest BCUT2D eigenvalue weighted by atomic mass is 16.5. The minimum atomic E-state index is -0.543. The van der Waals surface area contributed by atoms with Crippen LogP contribution in [0.3, 0.4) is 0 Å². The SMILES string of the molecule is Cc1c(C(=O)Nc2ccc3c(c2)NC(=O)C(C)O3)cnn1-c1ccccn1. The van der Waals surface area contributed by atoms with Crippen LogP contribution in [0.25, 0.3) is 5.82 Å². The summed E-state index contributed by atoms with van der Waals surface area (Å²) in [6.07, 6.45) is 2.63. The number of nitrogens with one attached hydrogen (secondary N) is 2. The molecule has 2 N–H and O–H groups in total. The first kappa shape index (κ1) is 16.8. The first-order valence-corrected chi connectivity index (χ1v) is 8.42. The number of fused-ring (bicyclic) bond motifs is 1. The molecule has 3 heterocycles. The molecular formula is C19H17N5O3. The van der Waals surface area contributed by atoms with Crippen LogP contribution >= 0.6 is 0 Å². The highest BCUT2D eigenvalue weighted by Crippen LogP contribution is 2.32. The number of nitrogens with zero attached hydrogens (tertiary/aromatic N) is 3. The molecular weight excluding hydrogens is 346 g/mol. The Morgan fingerprint density at radius 1 is 1.30 bits per heavy atom. The Kier molecular flexibility index (Phi) is 4.08. The van der Waals surface area contributed by atoms with Gasteiger partial charge in [-0.2, -0.15) is 5.10 Å². The highest BCUT2D eigenvalue weighted by Gasteiger charge is 2.24. The van der Waals surface area contributed by atoms with Crippen molar-refractivity contribution in [3.05, 3.63) is 60.0 Å². The number of ether oxygens (including phenoxy) is 1. The van der Waals surface area contributed by atoms with E-state index in [1.54, 1.807) is 42.9 Å². The molecule has 0 aliphatic carbocycles. The van der Waals surface area contributed by atoms with E-state index in [1.807, 2.05) is 18.2 Å². The highest BCUT2D eigenvalue weighted by molar-refractivity contribution is 6.06. The second kappa shape index (κ2) is 6.56. The van der Waals surface area contributed by atoms with Gasteiger partial charge in [-0.25, -0.2) is 9.67 Å². The molecule has 2 amide bonds. The van der Waals surface area contributed by atoms with E-state index in [4.69, 9.17) is 4.74 Å².